The van der Waals surface area contributed by atoms with Crippen molar-refractivity contribution in [1.82, 2.24) is 5.32 Å². The van der Waals surface area contributed by atoms with E-state index in [9.17, 15) is 20.1 Å². The summed E-state index contributed by atoms with van der Waals surface area (Å²) in [6.07, 6.45) is 61.6. The van der Waals surface area contributed by atoms with Gasteiger partial charge in [0.05, 0.1) is 18.8 Å². The molecule has 4 N–H and O–H groups in total. The van der Waals surface area contributed by atoms with Gasteiger partial charge in [0.25, 0.3) is 0 Å². The van der Waals surface area contributed by atoms with Crippen molar-refractivity contribution in [2.24, 2.45) is 0 Å². The molecule has 0 aromatic heterocycles. The number of hydrogen-bond donors (Lipinski definition) is 4. The fraction of sp³-hybridized carbons (Fsp3) is 0.827. The topological polar surface area (TPSA) is 89.8 Å². The Kier molecular flexibility index (Phi) is 45.6. The lowest BCUT2D eigenvalue weighted by Crippen LogP contribution is -2.48. The number of unbranched alkanes of at least 4 members (excludes halogenated alkanes) is 31. The van der Waals surface area contributed by atoms with Gasteiger partial charge in [-0.25, -0.2) is 0 Å². The standard InChI is InChI=1S/C52H97NO4/c1-3-5-7-9-11-13-15-17-19-21-23-25-26-27-29-30-32-34-36-38-40-42-44-46-50(55)49(48-54)53-52(57)51(56)47-45-43-41-39-37-35-33-31-28-24-22-20-18-16-14-12-10-8-6-4-2/h28-31,36,38,44,46,49-51,54-56H,3-27,32-35,37,39-43,45,47-48H2,1-2H3,(H,53,57)/b30-29+,31-28-,38-36+,46-44+. The molecule has 0 aliphatic heterocycles. The van der Waals surface area contributed by atoms with E-state index in [1.165, 1.54) is 186 Å². The van der Waals surface area contributed by atoms with Crippen LogP contribution in [-0.4, -0.2) is 46.1 Å². The van der Waals surface area contributed by atoms with Crippen molar-refractivity contribution < 1.29 is 20.1 Å². The van der Waals surface area contributed by atoms with E-state index in [1.807, 2.05) is 6.08 Å². The summed E-state index contributed by atoms with van der Waals surface area (Å²) < 4.78 is 0. The summed E-state index contributed by atoms with van der Waals surface area (Å²) in [4.78, 5) is 12.5. The summed E-state index contributed by atoms with van der Waals surface area (Å²) in [6.45, 7) is 4.18. The monoisotopic (exact) mass is 800 g/mol. The maximum atomic E-state index is 12.5. The second kappa shape index (κ2) is 47.0. The molecule has 334 valence electrons. The van der Waals surface area contributed by atoms with E-state index in [-0.39, 0.29) is 6.61 Å². The average Bonchev–Trinajstić information content (AvgIpc) is 3.22. The van der Waals surface area contributed by atoms with Gasteiger partial charge in [-0.1, -0.05) is 229 Å². The zero-order valence-electron chi connectivity index (χ0n) is 38.0. The first-order chi connectivity index (χ1) is 28.1. The molecular formula is C52H97NO4. The fourth-order valence-electron chi connectivity index (χ4n) is 7.45. The van der Waals surface area contributed by atoms with E-state index in [4.69, 9.17) is 0 Å². The predicted molar refractivity (Wildman–Crippen MR) is 250 cm³/mol. The van der Waals surface area contributed by atoms with Crippen LogP contribution in [0.25, 0.3) is 0 Å². The fourth-order valence-corrected chi connectivity index (χ4v) is 7.45. The summed E-state index contributed by atoms with van der Waals surface area (Å²) in [5, 5.41) is 33.2. The largest absolute Gasteiger partial charge is 0.394 e. The number of carbonyl (C=O) groups excluding carboxylic acids is 1. The lowest BCUT2D eigenvalue weighted by molar-refractivity contribution is -0.131. The van der Waals surface area contributed by atoms with Gasteiger partial charge >= 0.3 is 0 Å². The number of nitrogens with one attached hydrogen (secondary N) is 1. The van der Waals surface area contributed by atoms with Gasteiger partial charge in [0.15, 0.2) is 0 Å². The van der Waals surface area contributed by atoms with Gasteiger partial charge in [-0.05, 0) is 70.6 Å². The van der Waals surface area contributed by atoms with Crippen molar-refractivity contribution in [1.29, 1.82) is 0 Å². The molecule has 57 heavy (non-hydrogen) atoms. The van der Waals surface area contributed by atoms with Gasteiger partial charge in [0.1, 0.15) is 6.10 Å². The van der Waals surface area contributed by atoms with Crippen LogP contribution in [0.5, 0.6) is 0 Å². The highest BCUT2D eigenvalue weighted by molar-refractivity contribution is 5.80. The number of rotatable bonds is 45. The molecule has 0 saturated carbocycles. The lowest BCUT2D eigenvalue weighted by Gasteiger charge is -2.21. The SMILES string of the molecule is CCCCCCCCCCCC/C=C\CCCCCCCCC(O)C(=O)NC(CO)C(O)/C=C/CC/C=C/CC/C=C/CCCCCCCCCCCCCCC. The molecular weight excluding hydrogens is 703 g/mol. The Morgan fingerprint density at radius 3 is 1.07 bits per heavy atom. The molecule has 0 radical (unpaired) electrons. The van der Waals surface area contributed by atoms with Crippen LogP contribution in [0.15, 0.2) is 48.6 Å². The van der Waals surface area contributed by atoms with Gasteiger partial charge in [0.2, 0.25) is 5.91 Å². The van der Waals surface area contributed by atoms with E-state index in [2.05, 4.69) is 55.6 Å². The molecule has 0 heterocycles. The molecule has 5 nitrogen and oxygen atoms in total. The van der Waals surface area contributed by atoms with Crippen LogP contribution in [0.3, 0.4) is 0 Å². The first-order valence-corrected chi connectivity index (χ1v) is 25.0. The molecule has 3 atom stereocenters. The minimum absolute atomic E-state index is 0.384. The van der Waals surface area contributed by atoms with Crippen molar-refractivity contribution in [3.63, 3.8) is 0 Å². The Bertz CT molecular complexity index is 927. The molecule has 0 aromatic carbocycles. The number of allylic oxidation sites excluding steroid dienone is 7. The van der Waals surface area contributed by atoms with E-state index < -0.39 is 24.2 Å². The number of amides is 1. The Hall–Kier alpha value is -1.69. The zero-order chi connectivity index (χ0) is 41.5. The Labute approximate surface area is 355 Å². The molecule has 0 rings (SSSR count). The maximum Gasteiger partial charge on any atom is 0.249 e. The zero-order valence-corrected chi connectivity index (χ0v) is 38.0. The second-order valence-electron chi connectivity index (χ2n) is 17.0. The quantitative estimate of drug-likeness (QED) is 0.0365. The van der Waals surface area contributed by atoms with E-state index in [1.54, 1.807) is 6.08 Å². The molecule has 0 aliphatic rings. The molecule has 0 aliphatic carbocycles. The minimum atomic E-state index is -1.12. The highest BCUT2D eigenvalue weighted by atomic mass is 16.3. The molecule has 1 amide bonds. The summed E-state index contributed by atoms with van der Waals surface area (Å²) in [6, 6.07) is -0.825. The van der Waals surface area contributed by atoms with Crippen molar-refractivity contribution in [3.05, 3.63) is 48.6 Å². The lowest BCUT2D eigenvalue weighted by atomic mass is 10.0. The third-order valence-electron chi connectivity index (χ3n) is 11.4. The highest BCUT2D eigenvalue weighted by Crippen LogP contribution is 2.15. The molecule has 0 fully saturated rings. The molecule has 0 bridgehead atoms. The summed E-state index contributed by atoms with van der Waals surface area (Å²) in [5.74, 6) is -0.521. The smallest absolute Gasteiger partial charge is 0.249 e. The predicted octanol–water partition coefficient (Wildman–Crippen LogP) is 14.9. The Balaban J connectivity index is 3.71. The van der Waals surface area contributed by atoms with Crippen LogP contribution in [-0.2, 0) is 4.79 Å². The van der Waals surface area contributed by atoms with Crippen LogP contribution in [0, 0.1) is 0 Å². The maximum absolute atomic E-state index is 12.5. The summed E-state index contributed by atoms with van der Waals surface area (Å²) in [7, 11) is 0. The first kappa shape index (κ1) is 55.3. The van der Waals surface area contributed by atoms with E-state index in [0.717, 1.165) is 44.9 Å². The van der Waals surface area contributed by atoms with Crippen LogP contribution in [0.1, 0.15) is 251 Å². The number of aliphatic hydroxyl groups is 3. The van der Waals surface area contributed by atoms with Crippen molar-refractivity contribution >= 4 is 5.91 Å². The third kappa shape index (κ3) is 42.2. The average molecular weight is 800 g/mol. The Morgan fingerprint density at radius 2 is 0.719 bits per heavy atom. The van der Waals surface area contributed by atoms with Crippen LogP contribution < -0.4 is 5.32 Å². The molecule has 5 heteroatoms. The van der Waals surface area contributed by atoms with E-state index in [0.29, 0.717) is 6.42 Å². The number of carbonyl (C=O) groups is 1. The van der Waals surface area contributed by atoms with Gasteiger partial charge in [0, 0.05) is 0 Å². The number of hydrogen-bond acceptors (Lipinski definition) is 4. The van der Waals surface area contributed by atoms with Crippen LogP contribution in [0.4, 0.5) is 0 Å². The van der Waals surface area contributed by atoms with Crippen molar-refractivity contribution in [2.75, 3.05) is 6.61 Å². The molecule has 0 saturated heterocycles. The van der Waals surface area contributed by atoms with E-state index >= 15 is 0 Å². The van der Waals surface area contributed by atoms with Gasteiger partial charge in [-0.15, -0.1) is 0 Å². The van der Waals surface area contributed by atoms with Crippen LogP contribution >= 0.6 is 0 Å². The first-order valence-electron chi connectivity index (χ1n) is 25.0. The molecule has 0 spiro atoms. The van der Waals surface area contributed by atoms with Gasteiger partial charge in [-0.3, -0.25) is 4.79 Å². The highest BCUT2D eigenvalue weighted by Gasteiger charge is 2.22. The number of aliphatic hydroxyl groups excluding tert-OH is 3. The van der Waals surface area contributed by atoms with Gasteiger partial charge in [-0.2, -0.15) is 0 Å². The normalized spacial score (nSPS) is 13.8. The molecule has 0 aromatic rings. The second-order valence-corrected chi connectivity index (χ2v) is 17.0. The van der Waals surface area contributed by atoms with Gasteiger partial charge < -0.3 is 20.6 Å². The van der Waals surface area contributed by atoms with Crippen molar-refractivity contribution in [3.8, 4) is 0 Å². The summed E-state index contributed by atoms with van der Waals surface area (Å²) >= 11 is 0. The molecule has 3 unspecified atom stereocenters. The minimum Gasteiger partial charge on any atom is -0.394 e. The van der Waals surface area contributed by atoms with Crippen molar-refractivity contribution in [2.45, 2.75) is 270 Å². The third-order valence-corrected chi connectivity index (χ3v) is 11.4. The summed E-state index contributed by atoms with van der Waals surface area (Å²) in [5.41, 5.74) is 0. The Morgan fingerprint density at radius 1 is 0.421 bits per heavy atom. The van der Waals surface area contributed by atoms with Crippen LogP contribution in [0.2, 0.25) is 0 Å².